The van der Waals surface area contributed by atoms with Crippen LogP contribution in [0.3, 0.4) is 0 Å². The zero-order valence-electron chi connectivity index (χ0n) is 10.6. The molecule has 0 fully saturated rings. The van der Waals surface area contributed by atoms with Gasteiger partial charge in [0.05, 0.1) is 0 Å². The summed E-state index contributed by atoms with van der Waals surface area (Å²) in [5.74, 6) is 2.84. The standard InChI is InChI=1S/C16H12ClNO2/c1-2-12-4-3-5-14(10-12)18-16(19)11-20-15-8-6-13(17)7-9-15/h1,3-10H,11H2,(H,18,19). The molecule has 0 atom stereocenters. The van der Waals surface area contributed by atoms with E-state index in [1.165, 1.54) is 0 Å². The fourth-order valence-corrected chi connectivity index (χ4v) is 1.69. The predicted molar refractivity (Wildman–Crippen MR) is 80.0 cm³/mol. The molecule has 2 aromatic rings. The number of carbonyl (C=O) groups excluding carboxylic acids is 1. The zero-order chi connectivity index (χ0) is 14.4. The van der Waals surface area contributed by atoms with Gasteiger partial charge in [-0.1, -0.05) is 23.6 Å². The van der Waals surface area contributed by atoms with Gasteiger partial charge < -0.3 is 10.1 Å². The van der Waals surface area contributed by atoms with Crippen LogP contribution >= 0.6 is 11.6 Å². The van der Waals surface area contributed by atoms with Gasteiger partial charge in [-0.3, -0.25) is 4.79 Å². The molecule has 3 nitrogen and oxygen atoms in total. The molecule has 0 saturated heterocycles. The van der Waals surface area contributed by atoms with E-state index < -0.39 is 0 Å². The number of benzene rings is 2. The first-order chi connectivity index (χ1) is 9.67. The van der Waals surface area contributed by atoms with Crippen molar-refractivity contribution in [2.75, 3.05) is 11.9 Å². The van der Waals surface area contributed by atoms with Gasteiger partial charge in [0.25, 0.3) is 5.91 Å². The second-order valence-electron chi connectivity index (χ2n) is 4.02. The van der Waals surface area contributed by atoms with Gasteiger partial charge in [-0.05, 0) is 42.5 Å². The number of nitrogens with one attached hydrogen (secondary N) is 1. The molecule has 0 unspecified atom stereocenters. The van der Waals surface area contributed by atoms with Crippen molar-refractivity contribution in [3.63, 3.8) is 0 Å². The minimum absolute atomic E-state index is 0.0814. The summed E-state index contributed by atoms with van der Waals surface area (Å²) in [6.07, 6.45) is 5.30. The Morgan fingerprint density at radius 3 is 2.70 bits per heavy atom. The quantitative estimate of drug-likeness (QED) is 0.875. The van der Waals surface area contributed by atoms with Crippen LogP contribution < -0.4 is 10.1 Å². The van der Waals surface area contributed by atoms with E-state index in [9.17, 15) is 4.79 Å². The maximum atomic E-state index is 11.7. The highest BCUT2D eigenvalue weighted by Crippen LogP contribution is 2.15. The first-order valence-electron chi connectivity index (χ1n) is 5.92. The summed E-state index contributed by atoms with van der Waals surface area (Å²) in [5.41, 5.74) is 1.35. The van der Waals surface area contributed by atoms with E-state index in [2.05, 4.69) is 11.2 Å². The fraction of sp³-hybridized carbons (Fsp3) is 0.0625. The second kappa shape index (κ2) is 6.65. The number of amides is 1. The van der Waals surface area contributed by atoms with E-state index in [-0.39, 0.29) is 12.5 Å². The lowest BCUT2D eigenvalue weighted by Gasteiger charge is -2.07. The van der Waals surface area contributed by atoms with Gasteiger partial charge in [0.2, 0.25) is 0 Å². The molecule has 0 heterocycles. The number of anilines is 1. The van der Waals surface area contributed by atoms with Crippen LogP contribution in [-0.4, -0.2) is 12.5 Å². The summed E-state index contributed by atoms with van der Waals surface area (Å²) in [6.45, 7) is -0.0814. The van der Waals surface area contributed by atoms with Gasteiger partial charge in [0.1, 0.15) is 5.75 Å². The van der Waals surface area contributed by atoms with Crippen LogP contribution in [0.4, 0.5) is 5.69 Å². The van der Waals surface area contributed by atoms with Gasteiger partial charge in [0.15, 0.2) is 6.61 Å². The summed E-state index contributed by atoms with van der Waals surface area (Å²) < 4.78 is 5.34. The smallest absolute Gasteiger partial charge is 0.262 e. The maximum absolute atomic E-state index is 11.7. The lowest BCUT2D eigenvalue weighted by atomic mass is 10.2. The highest BCUT2D eigenvalue weighted by molar-refractivity contribution is 6.30. The van der Waals surface area contributed by atoms with Crippen LogP contribution in [0, 0.1) is 12.3 Å². The first-order valence-corrected chi connectivity index (χ1v) is 6.30. The monoisotopic (exact) mass is 285 g/mol. The van der Waals surface area contributed by atoms with Crippen LogP contribution in [0.15, 0.2) is 48.5 Å². The molecule has 0 spiro atoms. The average Bonchev–Trinajstić information content (AvgIpc) is 2.47. The molecule has 20 heavy (non-hydrogen) atoms. The summed E-state index contributed by atoms with van der Waals surface area (Å²) >= 11 is 5.76. The summed E-state index contributed by atoms with van der Waals surface area (Å²) in [5, 5.41) is 3.33. The van der Waals surface area contributed by atoms with E-state index in [1.54, 1.807) is 48.5 Å². The number of hydrogen-bond donors (Lipinski definition) is 1. The van der Waals surface area contributed by atoms with Crippen LogP contribution in [0.2, 0.25) is 5.02 Å². The first kappa shape index (κ1) is 14.0. The van der Waals surface area contributed by atoms with E-state index in [0.29, 0.717) is 22.0 Å². The van der Waals surface area contributed by atoms with Crippen molar-refractivity contribution < 1.29 is 9.53 Å². The minimum Gasteiger partial charge on any atom is -0.484 e. The summed E-state index contributed by atoms with van der Waals surface area (Å²) in [4.78, 5) is 11.7. The number of carbonyl (C=O) groups is 1. The third kappa shape index (κ3) is 4.04. The van der Waals surface area contributed by atoms with Gasteiger partial charge in [-0.15, -0.1) is 6.42 Å². The second-order valence-corrected chi connectivity index (χ2v) is 4.45. The SMILES string of the molecule is C#Cc1cccc(NC(=O)COc2ccc(Cl)cc2)c1. The van der Waals surface area contributed by atoms with Crippen molar-refractivity contribution in [1.29, 1.82) is 0 Å². The molecule has 2 aromatic carbocycles. The molecule has 0 radical (unpaired) electrons. The number of terminal acetylenes is 1. The van der Waals surface area contributed by atoms with E-state index in [4.69, 9.17) is 22.8 Å². The Balaban J connectivity index is 1.89. The van der Waals surface area contributed by atoms with Crippen LogP contribution in [0.5, 0.6) is 5.75 Å². The van der Waals surface area contributed by atoms with Gasteiger partial charge in [-0.2, -0.15) is 0 Å². The third-order valence-corrected chi connectivity index (χ3v) is 2.75. The molecule has 0 aliphatic carbocycles. The Labute approximate surface area is 122 Å². The Kier molecular flexibility index (Phi) is 4.65. The van der Waals surface area contributed by atoms with Gasteiger partial charge >= 0.3 is 0 Å². The molecular formula is C16H12ClNO2. The molecule has 0 saturated carbocycles. The van der Waals surface area contributed by atoms with E-state index in [0.717, 1.165) is 0 Å². The molecule has 1 N–H and O–H groups in total. The van der Waals surface area contributed by atoms with Crippen molar-refractivity contribution in [1.82, 2.24) is 0 Å². The number of hydrogen-bond acceptors (Lipinski definition) is 2. The molecule has 1 amide bonds. The molecule has 0 aliphatic heterocycles. The Morgan fingerprint density at radius 1 is 1.25 bits per heavy atom. The fourth-order valence-electron chi connectivity index (χ4n) is 1.56. The average molecular weight is 286 g/mol. The minimum atomic E-state index is -0.255. The van der Waals surface area contributed by atoms with Crippen LogP contribution in [-0.2, 0) is 4.79 Å². The highest BCUT2D eigenvalue weighted by Gasteiger charge is 2.04. The predicted octanol–water partition coefficient (Wildman–Crippen LogP) is 3.34. The van der Waals surface area contributed by atoms with Crippen molar-refractivity contribution in [3.05, 3.63) is 59.1 Å². The zero-order valence-corrected chi connectivity index (χ0v) is 11.4. The van der Waals surface area contributed by atoms with Crippen molar-refractivity contribution in [2.24, 2.45) is 0 Å². The van der Waals surface area contributed by atoms with Crippen molar-refractivity contribution in [3.8, 4) is 18.1 Å². The molecule has 2 rings (SSSR count). The molecule has 4 heteroatoms. The Morgan fingerprint density at radius 2 is 2.00 bits per heavy atom. The number of rotatable bonds is 4. The van der Waals surface area contributed by atoms with Crippen LogP contribution in [0.25, 0.3) is 0 Å². The lowest BCUT2D eigenvalue weighted by Crippen LogP contribution is -2.20. The normalized spacial score (nSPS) is 9.60. The third-order valence-electron chi connectivity index (χ3n) is 2.50. The van der Waals surface area contributed by atoms with E-state index in [1.807, 2.05) is 0 Å². The molecule has 0 bridgehead atoms. The molecule has 0 aliphatic rings. The lowest BCUT2D eigenvalue weighted by molar-refractivity contribution is -0.118. The number of ether oxygens (including phenoxy) is 1. The summed E-state index contributed by atoms with van der Waals surface area (Å²) in [6, 6.07) is 13.9. The summed E-state index contributed by atoms with van der Waals surface area (Å²) in [7, 11) is 0. The largest absolute Gasteiger partial charge is 0.484 e. The molecular weight excluding hydrogens is 274 g/mol. The topological polar surface area (TPSA) is 38.3 Å². The Bertz CT molecular complexity index is 644. The van der Waals surface area contributed by atoms with E-state index >= 15 is 0 Å². The van der Waals surface area contributed by atoms with Crippen molar-refractivity contribution >= 4 is 23.2 Å². The van der Waals surface area contributed by atoms with Crippen LogP contribution in [0.1, 0.15) is 5.56 Å². The Hall–Kier alpha value is -2.44. The van der Waals surface area contributed by atoms with Gasteiger partial charge in [0, 0.05) is 16.3 Å². The molecule has 100 valence electrons. The van der Waals surface area contributed by atoms with Gasteiger partial charge in [-0.25, -0.2) is 0 Å². The van der Waals surface area contributed by atoms with Crippen molar-refractivity contribution in [2.45, 2.75) is 0 Å². The number of halogens is 1. The highest BCUT2D eigenvalue weighted by atomic mass is 35.5. The molecule has 0 aromatic heterocycles. The maximum Gasteiger partial charge on any atom is 0.262 e.